The molecule has 0 heterocycles. The van der Waals surface area contributed by atoms with Crippen LogP contribution < -0.4 is 10.2 Å². The van der Waals surface area contributed by atoms with E-state index in [1.165, 1.54) is 6.07 Å². The third-order valence-electron chi connectivity index (χ3n) is 3.20. The molecule has 0 amide bonds. The largest absolute Gasteiger partial charge is 0.377 e. The molecule has 0 aliphatic carbocycles. The second-order valence-electron chi connectivity index (χ2n) is 4.95. The monoisotopic (exact) mass is 292 g/mol. The van der Waals surface area contributed by atoms with Gasteiger partial charge in [-0.2, -0.15) is 0 Å². The number of nitrogens with zero attached hydrogens (tertiary/aromatic N) is 1. The summed E-state index contributed by atoms with van der Waals surface area (Å²) in [5.74, 6) is -0.392. The molecule has 0 saturated heterocycles. The van der Waals surface area contributed by atoms with Gasteiger partial charge in [0.05, 0.1) is 16.4 Å². The third kappa shape index (κ3) is 3.23. The lowest BCUT2D eigenvalue weighted by Crippen LogP contribution is -2.14. The Hall–Kier alpha value is -1.74. The topological polar surface area (TPSA) is 15.3 Å². The van der Waals surface area contributed by atoms with Crippen LogP contribution in [0.4, 0.5) is 15.8 Å². The molecule has 0 aliphatic heterocycles. The van der Waals surface area contributed by atoms with E-state index in [4.69, 9.17) is 11.6 Å². The number of hydrogen-bond donors (Lipinski definition) is 1. The van der Waals surface area contributed by atoms with Gasteiger partial charge in [0.2, 0.25) is 0 Å². The van der Waals surface area contributed by atoms with Gasteiger partial charge in [0, 0.05) is 20.1 Å². The number of para-hydroxylation sites is 2. The van der Waals surface area contributed by atoms with Gasteiger partial charge in [-0.1, -0.05) is 29.8 Å². The van der Waals surface area contributed by atoms with Gasteiger partial charge in [0.25, 0.3) is 0 Å². The van der Waals surface area contributed by atoms with E-state index in [2.05, 4.69) is 5.32 Å². The van der Waals surface area contributed by atoms with Crippen molar-refractivity contribution in [3.8, 4) is 0 Å². The molecule has 2 aromatic rings. The van der Waals surface area contributed by atoms with Crippen LogP contribution in [0.2, 0.25) is 5.02 Å². The minimum absolute atomic E-state index is 0.0363. The Bertz CT molecular complexity index is 599. The first-order valence-electron chi connectivity index (χ1n) is 6.47. The molecule has 2 aromatic carbocycles. The molecule has 4 heteroatoms. The summed E-state index contributed by atoms with van der Waals surface area (Å²) >= 11 is 5.83. The molecule has 0 spiro atoms. The van der Waals surface area contributed by atoms with Crippen molar-refractivity contribution >= 4 is 23.0 Å². The van der Waals surface area contributed by atoms with Crippen molar-refractivity contribution in [3.05, 3.63) is 58.9 Å². The number of rotatable bonds is 4. The van der Waals surface area contributed by atoms with Crippen LogP contribution >= 0.6 is 11.6 Å². The maximum Gasteiger partial charge on any atom is 0.141 e. The highest BCUT2D eigenvalue weighted by Crippen LogP contribution is 2.29. The van der Waals surface area contributed by atoms with E-state index < -0.39 is 5.82 Å². The predicted octanol–water partition coefficient (Wildman–Crippen LogP) is 4.72. The highest BCUT2D eigenvalue weighted by molar-refractivity contribution is 6.30. The molecule has 106 valence electrons. The van der Waals surface area contributed by atoms with Crippen molar-refractivity contribution < 1.29 is 4.39 Å². The number of halogens is 2. The van der Waals surface area contributed by atoms with Crippen LogP contribution in [0.15, 0.2) is 42.5 Å². The lowest BCUT2D eigenvalue weighted by molar-refractivity contribution is 0.627. The Morgan fingerprint density at radius 1 is 1.15 bits per heavy atom. The van der Waals surface area contributed by atoms with Gasteiger partial charge in [-0.05, 0) is 36.8 Å². The molecular weight excluding hydrogens is 275 g/mol. The lowest BCUT2D eigenvalue weighted by Gasteiger charge is -2.22. The van der Waals surface area contributed by atoms with Gasteiger partial charge >= 0.3 is 0 Å². The van der Waals surface area contributed by atoms with Crippen molar-refractivity contribution in [2.75, 3.05) is 24.3 Å². The summed E-state index contributed by atoms with van der Waals surface area (Å²) < 4.78 is 13.2. The molecule has 0 saturated carbocycles. The van der Waals surface area contributed by atoms with E-state index in [0.29, 0.717) is 0 Å². The van der Waals surface area contributed by atoms with Gasteiger partial charge in [-0.3, -0.25) is 0 Å². The molecule has 2 nitrogen and oxygen atoms in total. The fourth-order valence-corrected chi connectivity index (χ4v) is 2.27. The molecule has 0 bridgehead atoms. The summed E-state index contributed by atoms with van der Waals surface area (Å²) in [6.45, 7) is 2.02. The molecule has 20 heavy (non-hydrogen) atoms. The quantitative estimate of drug-likeness (QED) is 0.877. The number of hydrogen-bond acceptors (Lipinski definition) is 2. The molecule has 1 atom stereocenters. The van der Waals surface area contributed by atoms with E-state index in [-0.39, 0.29) is 11.1 Å². The van der Waals surface area contributed by atoms with E-state index in [9.17, 15) is 4.39 Å². The van der Waals surface area contributed by atoms with Crippen LogP contribution in [0.5, 0.6) is 0 Å². The molecule has 1 N–H and O–H groups in total. The molecular formula is C16H18ClFN2. The Morgan fingerprint density at radius 2 is 1.85 bits per heavy atom. The van der Waals surface area contributed by atoms with Crippen molar-refractivity contribution in [3.63, 3.8) is 0 Å². The van der Waals surface area contributed by atoms with E-state index in [1.807, 2.05) is 50.2 Å². The summed E-state index contributed by atoms with van der Waals surface area (Å²) in [5.41, 5.74) is 3.09. The molecule has 0 radical (unpaired) electrons. The average molecular weight is 293 g/mol. The molecule has 1 unspecified atom stereocenters. The first kappa shape index (κ1) is 14.7. The second kappa shape index (κ2) is 6.14. The van der Waals surface area contributed by atoms with Gasteiger partial charge in [0.1, 0.15) is 5.82 Å². The fraction of sp³-hybridized carbons (Fsp3) is 0.250. The zero-order chi connectivity index (χ0) is 14.7. The fourth-order valence-electron chi connectivity index (χ4n) is 2.08. The van der Waals surface area contributed by atoms with Gasteiger partial charge in [0.15, 0.2) is 0 Å². The maximum atomic E-state index is 13.2. The number of nitrogens with one attached hydrogen (secondary N) is 1. The summed E-state index contributed by atoms with van der Waals surface area (Å²) in [6.07, 6.45) is 0. The van der Waals surface area contributed by atoms with Crippen molar-refractivity contribution in [2.24, 2.45) is 0 Å². The minimum atomic E-state index is -0.392. The van der Waals surface area contributed by atoms with Crippen LogP contribution in [0.3, 0.4) is 0 Å². The minimum Gasteiger partial charge on any atom is -0.377 e. The maximum absolute atomic E-state index is 13.2. The Labute approximate surface area is 124 Å². The van der Waals surface area contributed by atoms with E-state index in [0.717, 1.165) is 16.9 Å². The zero-order valence-electron chi connectivity index (χ0n) is 11.8. The molecule has 0 aliphatic rings. The number of anilines is 2. The lowest BCUT2D eigenvalue weighted by atomic mass is 10.1. The van der Waals surface area contributed by atoms with Crippen molar-refractivity contribution in [1.82, 2.24) is 0 Å². The van der Waals surface area contributed by atoms with Crippen LogP contribution in [0.25, 0.3) is 0 Å². The summed E-state index contributed by atoms with van der Waals surface area (Å²) in [4.78, 5) is 2.05. The molecule has 0 fully saturated rings. The summed E-state index contributed by atoms with van der Waals surface area (Å²) in [6, 6.07) is 12.9. The average Bonchev–Trinajstić information content (AvgIpc) is 2.42. The normalized spacial score (nSPS) is 12.1. The predicted molar refractivity (Wildman–Crippen MR) is 84.2 cm³/mol. The SMILES string of the molecule is CC(Nc1ccccc1N(C)C)c1ccc(F)c(Cl)c1. The standard InChI is InChI=1S/C16H18ClFN2/c1-11(12-8-9-14(18)13(17)10-12)19-15-6-4-5-7-16(15)20(2)3/h4-11,19H,1-3H3. The van der Waals surface area contributed by atoms with Crippen LogP contribution in [-0.2, 0) is 0 Å². The molecule has 0 aromatic heterocycles. The van der Waals surface area contributed by atoms with Gasteiger partial charge in [-0.25, -0.2) is 4.39 Å². The number of benzene rings is 2. The highest BCUT2D eigenvalue weighted by Gasteiger charge is 2.11. The second-order valence-corrected chi connectivity index (χ2v) is 5.36. The van der Waals surface area contributed by atoms with E-state index in [1.54, 1.807) is 12.1 Å². The van der Waals surface area contributed by atoms with Crippen molar-refractivity contribution in [2.45, 2.75) is 13.0 Å². The van der Waals surface area contributed by atoms with Crippen molar-refractivity contribution in [1.29, 1.82) is 0 Å². The zero-order valence-corrected chi connectivity index (χ0v) is 12.6. The van der Waals surface area contributed by atoms with Gasteiger partial charge < -0.3 is 10.2 Å². The Morgan fingerprint density at radius 3 is 2.50 bits per heavy atom. The van der Waals surface area contributed by atoms with Crippen LogP contribution in [0.1, 0.15) is 18.5 Å². The first-order chi connectivity index (χ1) is 9.49. The Kier molecular flexibility index (Phi) is 4.50. The third-order valence-corrected chi connectivity index (χ3v) is 3.49. The van der Waals surface area contributed by atoms with Crippen LogP contribution in [0, 0.1) is 5.82 Å². The Balaban J connectivity index is 2.23. The van der Waals surface area contributed by atoms with Gasteiger partial charge in [-0.15, -0.1) is 0 Å². The highest BCUT2D eigenvalue weighted by atomic mass is 35.5. The summed E-state index contributed by atoms with van der Waals surface area (Å²) in [7, 11) is 4.00. The van der Waals surface area contributed by atoms with Crippen LogP contribution in [-0.4, -0.2) is 14.1 Å². The summed E-state index contributed by atoms with van der Waals surface area (Å²) in [5, 5.41) is 3.58. The first-order valence-corrected chi connectivity index (χ1v) is 6.84. The smallest absolute Gasteiger partial charge is 0.141 e. The molecule has 2 rings (SSSR count). The van der Waals surface area contributed by atoms with E-state index >= 15 is 0 Å².